The summed E-state index contributed by atoms with van der Waals surface area (Å²) in [4.78, 5) is 13.2. The van der Waals surface area contributed by atoms with Gasteiger partial charge in [0.15, 0.2) is 5.72 Å². The summed E-state index contributed by atoms with van der Waals surface area (Å²) in [6, 6.07) is 7.30. The molecule has 0 radical (unpaired) electrons. The second kappa shape index (κ2) is 5.59. The first-order valence-electron chi connectivity index (χ1n) is 4.95. The lowest BCUT2D eigenvalue weighted by molar-refractivity contribution is -0.214. The van der Waals surface area contributed by atoms with Gasteiger partial charge in [-0.3, -0.25) is 5.73 Å². The lowest BCUT2D eigenvalue weighted by Crippen LogP contribution is -2.47. The number of hydrogen-bond acceptors (Lipinski definition) is 4. The molecule has 0 saturated carbocycles. The molecule has 19 heavy (non-hydrogen) atoms. The minimum Gasteiger partial charge on any atom is -0.433 e. The number of nitrogens with two attached hydrogens (primary N) is 1. The largest absolute Gasteiger partial charge is 0.491 e. The Morgan fingerprint density at radius 2 is 1.95 bits per heavy atom. The number of alkyl halides is 3. The number of rotatable bonds is 4. The van der Waals surface area contributed by atoms with Gasteiger partial charge >= 0.3 is 12.1 Å². The van der Waals surface area contributed by atoms with Crippen LogP contribution in [0.25, 0.3) is 10.4 Å². The quantitative estimate of drug-likeness (QED) is 0.299. The third kappa shape index (κ3) is 3.87. The maximum absolute atomic E-state index is 12.2. The third-order valence-corrected chi connectivity index (χ3v) is 2.14. The van der Waals surface area contributed by atoms with Gasteiger partial charge in [-0.25, -0.2) is 4.79 Å². The van der Waals surface area contributed by atoms with Gasteiger partial charge in [0, 0.05) is 10.5 Å². The van der Waals surface area contributed by atoms with Crippen molar-refractivity contribution < 1.29 is 22.7 Å². The molecule has 0 saturated heterocycles. The fourth-order valence-electron chi connectivity index (χ4n) is 1.26. The first-order chi connectivity index (χ1) is 8.79. The molecule has 102 valence electrons. The highest BCUT2D eigenvalue weighted by atomic mass is 19.4. The number of ether oxygens (including phenoxy) is 1. The van der Waals surface area contributed by atoms with Crippen LogP contribution >= 0.6 is 0 Å². The second-order valence-corrected chi connectivity index (χ2v) is 3.53. The van der Waals surface area contributed by atoms with Crippen molar-refractivity contribution >= 4 is 5.97 Å². The predicted molar refractivity (Wildman–Crippen MR) is 58.5 cm³/mol. The minimum absolute atomic E-state index is 0.0833. The van der Waals surface area contributed by atoms with E-state index in [0.29, 0.717) is 0 Å². The zero-order valence-corrected chi connectivity index (χ0v) is 9.46. The maximum Gasteiger partial charge on any atom is 0.491 e. The van der Waals surface area contributed by atoms with Crippen LogP contribution < -0.4 is 5.73 Å². The highest BCUT2D eigenvalue weighted by Crippen LogP contribution is 2.25. The van der Waals surface area contributed by atoms with Gasteiger partial charge in [0.25, 0.3) is 0 Å². The standard InChI is InChI=1S/C10H9F3N4O2/c11-10(12,13)8(18)19-9(14,6-16-17-15)7-4-2-1-3-5-7/h1-5H,6,14H2/t9-/m1/s1. The van der Waals surface area contributed by atoms with Crippen LogP contribution in [0.4, 0.5) is 13.2 Å². The van der Waals surface area contributed by atoms with E-state index in [2.05, 4.69) is 14.8 Å². The average molecular weight is 274 g/mol. The lowest BCUT2D eigenvalue weighted by Gasteiger charge is -2.28. The Labute approximate surface area is 105 Å². The summed E-state index contributed by atoms with van der Waals surface area (Å²) in [5.41, 5.74) is 11.7. The maximum atomic E-state index is 12.2. The van der Waals surface area contributed by atoms with E-state index >= 15 is 0 Å². The zero-order chi connectivity index (χ0) is 14.5. The van der Waals surface area contributed by atoms with Crippen molar-refractivity contribution in [2.45, 2.75) is 11.9 Å². The van der Waals surface area contributed by atoms with Crippen molar-refractivity contribution in [1.82, 2.24) is 0 Å². The Hall–Kier alpha value is -2.25. The van der Waals surface area contributed by atoms with Gasteiger partial charge in [0.1, 0.15) is 0 Å². The first-order valence-corrected chi connectivity index (χ1v) is 4.95. The Morgan fingerprint density at radius 1 is 1.37 bits per heavy atom. The molecule has 0 aromatic heterocycles. The van der Waals surface area contributed by atoms with E-state index in [1.54, 1.807) is 6.07 Å². The summed E-state index contributed by atoms with van der Waals surface area (Å²) in [6.45, 7) is -0.657. The molecule has 0 heterocycles. The van der Waals surface area contributed by atoms with Gasteiger partial charge in [-0.2, -0.15) is 13.2 Å². The molecule has 1 rings (SSSR count). The van der Waals surface area contributed by atoms with Crippen LogP contribution in [0.3, 0.4) is 0 Å². The van der Waals surface area contributed by atoms with Gasteiger partial charge in [-0.05, 0) is 5.53 Å². The first kappa shape index (κ1) is 14.8. The molecule has 0 unspecified atom stereocenters. The molecular weight excluding hydrogens is 265 g/mol. The molecule has 0 amide bonds. The number of benzene rings is 1. The topological polar surface area (TPSA) is 101 Å². The van der Waals surface area contributed by atoms with E-state index in [-0.39, 0.29) is 5.56 Å². The number of azide groups is 1. The fraction of sp³-hybridized carbons (Fsp3) is 0.300. The summed E-state index contributed by atoms with van der Waals surface area (Å²) in [5, 5.41) is 3.07. The van der Waals surface area contributed by atoms with Crippen molar-refractivity contribution in [1.29, 1.82) is 0 Å². The normalized spacial score (nSPS) is 14.1. The Balaban J connectivity index is 3.07. The fourth-order valence-corrected chi connectivity index (χ4v) is 1.26. The van der Waals surface area contributed by atoms with Gasteiger partial charge in [0.05, 0.1) is 6.54 Å². The molecule has 1 aromatic carbocycles. The molecule has 0 spiro atoms. The van der Waals surface area contributed by atoms with Crippen molar-refractivity contribution in [3.63, 3.8) is 0 Å². The van der Waals surface area contributed by atoms with E-state index in [9.17, 15) is 18.0 Å². The van der Waals surface area contributed by atoms with Gasteiger partial charge in [-0.15, -0.1) is 0 Å². The van der Waals surface area contributed by atoms with E-state index in [4.69, 9.17) is 11.3 Å². The lowest BCUT2D eigenvalue weighted by atomic mass is 10.0. The summed E-state index contributed by atoms with van der Waals surface area (Å²) >= 11 is 0. The van der Waals surface area contributed by atoms with Crippen molar-refractivity contribution in [2.75, 3.05) is 6.54 Å². The number of nitrogens with zero attached hydrogens (tertiary/aromatic N) is 3. The van der Waals surface area contributed by atoms with Crippen LogP contribution in [0.5, 0.6) is 0 Å². The monoisotopic (exact) mass is 274 g/mol. The van der Waals surface area contributed by atoms with Crippen LogP contribution in [0.1, 0.15) is 5.56 Å². The van der Waals surface area contributed by atoms with E-state index in [1.807, 2.05) is 0 Å². The number of carbonyl (C=O) groups is 1. The summed E-state index contributed by atoms with van der Waals surface area (Å²) in [6.07, 6.45) is -5.18. The molecule has 1 atom stereocenters. The predicted octanol–water partition coefficient (Wildman–Crippen LogP) is 2.21. The van der Waals surface area contributed by atoms with Crippen LogP contribution in [0.2, 0.25) is 0 Å². The third-order valence-electron chi connectivity index (χ3n) is 2.14. The van der Waals surface area contributed by atoms with E-state index < -0.39 is 24.4 Å². The molecule has 0 aliphatic rings. The molecule has 0 aliphatic carbocycles. The minimum atomic E-state index is -5.18. The Kier molecular flexibility index (Phi) is 4.36. The van der Waals surface area contributed by atoms with Gasteiger partial charge in [-0.1, -0.05) is 35.4 Å². The smallest absolute Gasteiger partial charge is 0.433 e. The van der Waals surface area contributed by atoms with Gasteiger partial charge < -0.3 is 4.74 Å². The Morgan fingerprint density at radius 3 is 2.42 bits per heavy atom. The number of halogens is 3. The molecular formula is C10H9F3N4O2. The Bertz CT molecular complexity index is 499. The number of hydrogen-bond donors (Lipinski definition) is 1. The highest BCUT2D eigenvalue weighted by molar-refractivity contribution is 5.76. The number of carbonyl (C=O) groups excluding carboxylic acids is 1. The molecule has 0 fully saturated rings. The van der Waals surface area contributed by atoms with E-state index in [0.717, 1.165) is 0 Å². The highest BCUT2D eigenvalue weighted by Gasteiger charge is 2.45. The number of esters is 1. The summed E-state index contributed by atoms with van der Waals surface area (Å²) in [7, 11) is 0. The van der Waals surface area contributed by atoms with Crippen LogP contribution in [-0.4, -0.2) is 18.7 Å². The SMILES string of the molecule is [N-]=[N+]=NC[C@@](N)(OC(=O)C(F)(F)F)c1ccccc1. The molecule has 0 aliphatic heterocycles. The van der Waals surface area contributed by atoms with Crippen molar-refractivity contribution in [2.24, 2.45) is 10.8 Å². The molecule has 0 bridgehead atoms. The van der Waals surface area contributed by atoms with Crippen molar-refractivity contribution in [3.05, 3.63) is 46.3 Å². The zero-order valence-electron chi connectivity index (χ0n) is 9.46. The van der Waals surface area contributed by atoms with Crippen LogP contribution in [0, 0.1) is 0 Å². The van der Waals surface area contributed by atoms with Crippen LogP contribution in [0.15, 0.2) is 35.4 Å². The molecule has 1 aromatic rings. The average Bonchev–Trinajstić information content (AvgIpc) is 2.36. The molecule has 2 N–H and O–H groups in total. The van der Waals surface area contributed by atoms with E-state index in [1.165, 1.54) is 24.3 Å². The molecule has 6 nitrogen and oxygen atoms in total. The van der Waals surface area contributed by atoms with Crippen molar-refractivity contribution in [3.8, 4) is 0 Å². The van der Waals surface area contributed by atoms with Crippen LogP contribution in [-0.2, 0) is 15.3 Å². The summed E-state index contributed by atoms with van der Waals surface area (Å²) < 4.78 is 40.8. The summed E-state index contributed by atoms with van der Waals surface area (Å²) in [5.74, 6) is -2.45. The molecule has 9 heteroatoms. The van der Waals surface area contributed by atoms with Gasteiger partial charge in [0.2, 0.25) is 0 Å². The second-order valence-electron chi connectivity index (χ2n) is 3.53.